The highest BCUT2D eigenvalue weighted by Crippen LogP contribution is 2.18. The molecule has 7 nitrogen and oxygen atoms in total. The number of aryl methyl sites for hydroxylation is 1. The summed E-state index contributed by atoms with van der Waals surface area (Å²) in [6.45, 7) is 2.67. The van der Waals surface area contributed by atoms with Crippen LogP contribution in [-0.4, -0.2) is 25.5 Å². The molecule has 2 heterocycles. The number of aromatic nitrogens is 4. The summed E-state index contributed by atoms with van der Waals surface area (Å²) in [5.74, 6) is 0.547. The molecule has 0 bridgehead atoms. The first-order valence-electron chi connectivity index (χ1n) is 7.90. The van der Waals surface area contributed by atoms with Crippen LogP contribution >= 0.6 is 27.5 Å². The number of ether oxygens (including phenoxy) is 1. The molecule has 0 aliphatic carbocycles. The maximum absolute atomic E-state index is 12.1. The van der Waals surface area contributed by atoms with Crippen LogP contribution < -0.4 is 10.1 Å². The van der Waals surface area contributed by atoms with Crippen LogP contribution in [-0.2, 0) is 18.1 Å². The lowest BCUT2D eigenvalue weighted by atomic mass is 10.3. The molecule has 0 aliphatic rings. The number of carbonyl (C=O) groups is 1. The molecule has 26 heavy (non-hydrogen) atoms. The first kappa shape index (κ1) is 18.5. The van der Waals surface area contributed by atoms with Crippen molar-refractivity contribution >= 4 is 39.1 Å². The molecule has 0 saturated heterocycles. The van der Waals surface area contributed by atoms with Crippen LogP contribution in [0.5, 0.6) is 5.75 Å². The topological polar surface area (TPSA) is 74.0 Å². The molecular weight excluding hydrogens is 422 g/mol. The van der Waals surface area contributed by atoms with Gasteiger partial charge in [0.15, 0.2) is 6.73 Å². The van der Waals surface area contributed by atoms with E-state index in [1.807, 2.05) is 19.1 Å². The minimum absolute atomic E-state index is 0.105. The number of hydrogen-bond acceptors (Lipinski definition) is 4. The smallest absolute Gasteiger partial charge is 0.226 e. The highest BCUT2D eigenvalue weighted by Gasteiger charge is 2.08. The Morgan fingerprint density at radius 2 is 2.19 bits per heavy atom. The average molecular weight is 439 g/mol. The number of nitrogens with one attached hydrogen (secondary N) is 1. The van der Waals surface area contributed by atoms with E-state index in [0.29, 0.717) is 29.4 Å². The van der Waals surface area contributed by atoms with Crippen molar-refractivity contribution in [2.75, 3.05) is 5.32 Å². The van der Waals surface area contributed by atoms with Gasteiger partial charge in [0.25, 0.3) is 0 Å². The summed E-state index contributed by atoms with van der Waals surface area (Å²) in [5.41, 5.74) is 1.60. The molecule has 3 rings (SSSR count). The molecule has 3 aromatic rings. The molecule has 0 saturated carbocycles. The molecular formula is C17H17BrClN5O2. The minimum Gasteiger partial charge on any atom is -0.471 e. The molecule has 0 aliphatic heterocycles. The summed E-state index contributed by atoms with van der Waals surface area (Å²) in [6, 6.07) is 7.13. The lowest BCUT2D eigenvalue weighted by Crippen LogP contribution is -2.15. The maximum Gasteiger partial charge on any atom is 0.226 e. The van der Waals surface area contributed by atoms with Crippen molar-refractivity contribution in [2.24, 2.45) is 0 Å². The third kappa shape index (κ3) is 4.86. The molecule has 2 aromatic heterocycles. The van der Waals surface area contributed by atoms with E-state index in [9.17, 15) is 4.79 Å². The summed E-state index contributed by atoms with van der Waals surface area (Å²) in [6.07, 6.45) is 5.32. The Labute approximate surface area is 164 Å². The Kier molecular flexibility index (Phi) is 5.95. The zero-order valence-corrected chi connectivity index (χ0v) is 16.4. The summed E-state index contributed by atoms with van der Waals surface area (Å²) in [4.78, 5) is 12.1. The molecule has 1 amide bonds. The van der Waals surface area contributed by atoms with Crippen LogP contribution in [0, 0.1) is 6.92 Å². The summed E-state index contributed by atoms with van der Waals surface area (Å²) < 4.78 is 9.90. The molecule has 0 atom stereocenters. The van der Waals surface area contributed by atoms with Gasteiger partial charge in [-0.15, -0.1) is 0 Å². The van der Waals surface area contributed by atoms with Gasteiger partial charge >= 0.3 is 0 Å². The second-order valence-electron chi connectivity index (χ2n) is 5.60. The van der Waals surface area contributed by atoms with Gasteiger partial charge in [-0.25, -0.2) is 4.68 Å². The number of halogens is 2. The Morgan fingerprint density at radius 3 is 2.92 bits per heavy atom. The maximum atomic E-state index is 12.1. The van der Waals surface area contributed by atoms with Gasteiger partial charge < -0.3 is 10.1 Å². The van der Waals surface area contributed by atoms with E-state index in [2.05, 4.69) is 31.4 Å². The molecule has 136 valence electrons. The van der Waals surface area contributed by atoms with Crippen LogP contribution in [0.4, 0.5) is 5.69 Å². The predicted molar refractivity (Wildman–Crippen MR) is 102 cm³/mol. The Hall–Kier alpha value is -2.32. The molecule has 9 heteroatoms. The van der Waals surface area contributed by atoms with Crippen LogP contribution in [0.15, 0.2) is 47.3 Å². The minimum atomic E-state index is -0.105. The largest absolute Gasteiger partial charge is 0.471 e. The Balaban J connectivity index is 1.48. The van der Waals surface area contributed by atoms with Crippen molar-refractivity contribution in [1.82, 2.24) is 19.6 Å². The van der Waals surface area contributed by atoms with Crippen molar-refractivity contribution in [3.05, 3.63) is 58.0 Å². The lowest BCUT2D eigenvalue weighted by Gasteiger charge is -2.06. The molecule has 1 N–H and O–H groups in total. The third-order valence-electron chi connectivity index (χ3n) is 3.67. The highest BCUT2D eigenvalue weighted by molar-refractivity contribution is 9.10. The van der Waals surface area contributed by atoms with Crippen molar-refractivity contribution in [3.8, 4) is 5.75 Å². The van der Waals surface area contributed by atoms with Gasteiger partial charge in [-0.05, 0) is 41.1 Å². The van der Waals surface area contributed by atoms with Gasteiger partial charge in [-0.1, -0.05) is 17.7 Å². The summed E-state index contributed by atoms with van der Waals surface area (Å²) >= 11 is 9.32. The van der Waals surface area contributed by atoms with Crippen molar-refractivity contribution in [2.45, 2.75) is 26.6 Å². The van der Waals surface area contributed by atoms with E-state index in [0.717, 1.165) is 10.2 Å². The zero-order chi connectivity index (χ0) is 18.5. The number of hydrogen-bond donors (Lipinski definition) is 1. The monoisotopic (exact) mass is 437 g/mol. The van der Waals surface area contributed by atoms with Gasteiger partial charge in [0.2, 0.25) is 5.91 Å². The zero-order valence-electron chi connectivity index (χ0n) is 14.0. The normalized spacial score (nSPS) is 10.7. The SMILES string of the molecule is Cc1c(Br)cnn1CCC(=O)Nc1cnn(COc2cccc(Cl)c2)c1. The first-order valence-corrected chi connectivity index (χ1v) is 9.07. The average Bonchev–Trinajstić information content (AvgIpc) is 3.19. The van der Waals surface area contributed by atoms with Crippen LogP contribution in [0.3, 0.4) is 0 Å². The Morgan fingerprint density at radius 1 is 1.35 bits per heavy atom. The molecule has 0 unspecified atom stereocenters. The molecule has 1 aromatic carbocycles. The van der Waals surface area contributed by atoms with E-state index in [-0.39, 0.29) is 12.6 Å². The van der Waals surface area contributed by atoms with Crippen LogP contribution in [0.2, 0.25) is 5.02 Å². The highest BCUT2D eigenvalue weighted by atomic mass is 79.9. The van der Waals surface area contributed by atoms with E-state index >= 15 is 0 Å². The van der Waals surface area contributed by atoms with E-state index < -0.39 is 0 Å². The molecule has 0 spiro atoms. The predicted octanol–water partition coefficient (Wildman–Crippen LogP) is 3.87. The van der Waals surface area contributed by atoms with Gasteiger partial charge in [0.1, 0.15) is 5.75 Å². The lowest BCUT2D eigenvalue weighted by molar-refractivity contribution is -0.116. The van der Waals surface area contributed by atoms with Gasteiger partial charge in [0.05, 0.1) is 35.3 Å². The number of amides is 1. The van der Waals surface area contributed by atoms with Crippen LogP contribution in [0.1, 0.15) is 12.1 Å². The van der Waals surface area contributed by atoms with E-state index in [4.69, 9.17) is 16.3 Å². The van der Waals surface area contributed by atoms with Crippen molar-refractivity contribution in [3.63, 3.8) is 0 Å². The number of carbonyl (C=O) groups excluding carboxylic acids is 1. The summed E-state index contributed by atoms with van der Waals surface area (Å²) in [7, 11) is 0. The fraction of sp³-hybridized carbons (Fsp3) is 0.235. The fourth-order valence-electron chi connectivity index (χ4n) is 2.28. The second-order valence-corrected chi connectivity index (χ2v) is 6.89. The number of nitrogens with zero attached hydrogens (tertiary/aromatic N) is 4. The van der Waals surface area contributed by atoms with Crippen LogP contribution in [0.25, 0.3) is 0 Å². The number of benzene rings is 1. The fourth-order valence-corrected chi connectivity index (χ4v) is 2.75. The Bertz CT molecular complexity index is 908. The van der Waals surface area contributed by atoms with E-state index in [1.165, 1.54) is 0 Å². The molecule has 0 radical (unpaired) electrons. The quantitative estimate of drug-likeness (QED) is 0.608. The van der Waals surface area contributed by atoms with Gasteiger partial charge in [-0.3, -0.25) is 9.48 Å². The van der Waals surface area contributed by atoms with E-state index in [1.54, 1.807) is 40.1 Å². The molecule has 0 fully saturated rings. The third-order valence-corrected chi connectivity index (χ3v) is 4.68. The second kappa shape index (κ2) is 8.37. The van der Waals surface area contributed by atoms with Gasteiger partial charge in [0, 0.05) is 17.1 Å². The summed E-state index contributed by atoms with van der Waals surface area (Å²) in [5, 5.41) is 11.8. The standard InChI is InChI=1S/C17H17BrClN5O2/c1-12-16(18)9-21-24(12)6-5-17(25)22-14-8-20-23(10-14)11-26-15-4-2-3-13(19)7-15/h2-4,7-10H,5-6,11H2,1H3,(H,22,25). The van der Waals surface area contributed by atoms with Crippen molar-refractivity contribution in [1.29, 1.82) is 0 Å². The number of anilines is 1. The van der Waals surface area contributed by atoms with Gasteiger partial charge in [-0.2, -0.15) is 10.2 Å². The van der Waals surface area contributed by atoms with Crippen molar-refractivity contribution < 1.29 is 9.53 Å². The first-order chi connectivity index (χ1) is 12.5. The number of rotatable bonds is 7.